The SMILES string of the molecule is Cc1ccc(-c2cc(C(F)(F)F)nn2-c2ccc(S(=O)(=O)NC(=O)C(CC(=O)O)O[N+](=O)[O-])cc2)cc1. The number of aryl methyl sites for hydroxylation is 1. The third-order valence-electron chi connectivity index (χ3n) is 4.84. The van der Waals surface area contributed by atoms with Gasteiger partial charge in [-0.25, -0.2) is 17.8 Å². The summed E-state index contributed by atoms with van der Waals surface area (Å²) >= 11 is 0. The third-order valence-corrected chi connectivity index (χ3v) is 6.20. The van der Waals surface area contributed by atoms with Gasteiger partial charge < -0.3 is 5.11 Å². The van der Waals surface area contributed by atoms with Crippen molar-refractivity contribution in [2.24, 2.45) is 0 Å². The Hall–Kier alpha value is -4.47. The molecule has 37 heavy (non-hydrogen) atoms. The molecule has 3 rings (SSSR count). The number of carboxylic acid groups (broad SMARTS) is 1. The zero-order chi connectivity index (χ0) is 27.5. The molecular weight excluding hydrogens is 525 g/mol. The molecule has 0 aliphatic heterocycles. The van der Waals surface area contributed by atoms with Crippen LogP contribution in [0.2, 0.25) is 0 Å². The zero-order valence-electron chi connectivity index (χ0n) is 18.7. The average molecular weight is 542 g/mol. The highest BCUT2D eigenvalue weighted by Crippen LogP contribution is 2.33. The van der Waals surface area contributed by atoms with Gasteiger partial charge in [0.1, 0.15) is 0 Å². The monoisotopic (exact) mass is 542 g/mol. The van der Waals surface area contributed by atoms with Gasteiger partial charge in [0.15, 0.2) is 11.8 Å². The standard InChI is InChI=1S/C21H17F3N4O8S/c1-12-2-4-13(5-3-12)16-10-18(21(22,23)24)25-27(16)14-6-8-15(9-7-14)37(34,35)26-20(31)17(11-19(29)30)36-28(32)33/h2-10,17H,11H2,1H3,(H,26,31)(H,29,30). The van der Waals surface area contributed by atoms with Crippen molar-refractivity contribution < 1.29 is 46.2 Å². The minimum Gasteiger partial charge on any atom is -0.481 e. The molecule has 0 saturated heterocycles. The van der Waals surface area contributed by atoms with Crippen LogP contribution >= 0.6 is 0 Å². The summed E-state index contributed by atoms with van der Waals surface area (Å²) in [6.45, 7) is 1.80. The number of nitrogens with one attached hydrogen (secondary N) is 1. The largest absolute Gasteiger partial charge is 0.481 e. The Morgan fingerprint density at radius 1 is 1.16 bits per heavy atom. The van der Waals surface area contributed by atoms with E-state index in [2.05, 4.69) is 9.94 Å². The van der Waals surface area contributed by atoms with Gasteiger partial charge >= 0.3 is 12.1 Å². The van der Waals surface area contributed by atoms with E-state index in [9.17, 15) is 41.3 Å². The summed E-state index contributed by atoms with van der Waals surface area (Å²) in [5, 5.41) is 21.4. The van der Waals surface area contributed by atoms with E-state index in [1.165, 1.54) is 4.72 Å². The number of halogens is 3. The minimum atomic E-state index is -4.75. The van der Waals surface area contributed by atoms with Crippen LogP contribution in [0.5, 0.6) is 0 Å². The fourth-order valence-corrected chi connectivity index (χ4v) is 4.12. The van der Waals surface area contributed by atoms with E-state index in [-0.39, 0.29) is 11.4 Å². The van der Waals surface area contributed by atoms with Gasteiger partial charge in [0.2, 0.25) is 0 Å². The molecular formula is C21H17F3N4O8S. The van der Waals surface area contributed by atoms with Crippen LogP contribution in [0.3, 0.4) is 0 Å². The van der Waals surface area contributed by atoms with Gasteiger partial charge in [-0.1, -0.05) is 29.8 Å². The van der Waals surface area contributed by atoms with Crippen molar-refractivity contribution in [1.82, 2.24) is 14.5 Å². The Morgan fingerprint density at radius 3 is 2.27 bits per heavy atom. The quantitative estimate of drug-likeness (QED) is 0.305. The van der Waals surface area contributed by atoms with E-state index in [0.717, 1.165) is 40.6 Å². The van der Waals surface area contributed by atoms with Crippen LogP contribution in [0.1, 0.15) is 17.7 Å². The van der Waals surface area contributed by atoms with Gasteiger partial charge in [-0.3, -0.25) is 14.4 Å². The van der Waals surface area contributed by atoms with Gasteiger partial charge in [-0.15, -0.1) is 10.1 Å². The van der Waals surface area contributed by atoms with Gasteiger partial charge in [0, 0.05) is 5.56 Å². The van der Waals surface area contributed by atoms with Gasteiger partial charge in [0.25, 0.3) is 21.0 Å². The lowest BCUT2D eigenvalue weighted by atomic mass is 10.1. The molecule has 0 bridgehead atoms. The smallest absolute Gasteiger partial charge is 0.435 e. The molecule has 12 nitrogen and oxygen atoms in total. The van der Waals surface area contributed by atoms with Crippen molar-refractivity contribution in [3.05, 3.63) is 76.0 Å². The third kappa shape index (κ3) is 6.60. The second-order valence-electron chi connectivity index (χ2n) is 7.57. The fraction of sp³-hybridized carbons (Fsp3) is 0.190. The molecule has 0 fully saturated rings. The lowest BCUT2D eigenvalue weighted by Crippen LogP contribution is -2.42. The lowest BCUT2D eigenvalue weighted by Gasteiger charge is -2.14. The molecule has 1 amide bonds. The number of benzene rings is 2. The topological polar surface area (TPSA) is 171 Å². The summed E-state index contributed by atoms with van der Waals surface area (Å²) in [6, 6.07) is 11.6. The number of alkyl halides is 3. The highest BCUT2D eigenvalue weighted by atomic mass is 32.2. The van der Waals surface area contributed by atoms with Gasteiger partial charge in [0.05, 0.1) is 22.7 Å². The first-order chi connectivity index (χ1) is 17.2. The molecule has 1 heterocycles. The zero-order valence-corrected chi connectivity index (χ0v) is 19.5. The summed E-state index contributed by atoms with van der Waals surface area (Å²) in [6.07, 6.45) is -8.19. The maximum absolute atomic E-state index is 13.4. The Bertz CT molecular complexity index is 1420. The maximum atomic E-state index is 13.4. The molecule has 0 radical (unpaired) electrons. The summed E-state index contributed by atoms with van der Waals surface area (Å²) in [5.41, 5.74) is 0.230. The summed E-state index contributed by atoms with van der Waals surface area (Å²) in [5.74, 6) is -3.27. The Balaban J connectivity index is 1.93. The van der Waals surface area contributed by atoms with Crippen LogP contribution in [0.15, 0.2) is 59.5 Å². The first-order valence-corrected chi connectivity index (χ1v) is 11.6. The average Bonchev–Trinajstić information content (AvgIpc) is 3.24. The van der Waals surface area contributed by atoms with Crippen molar-refractivity contribution >= 4 is 21.9 Å². The number of hydrogen-bond donors (Lipinski definition) is 2. The molecule has 0 aliphatic rings. The van der Waals surface area contributed by atoms with E-state index in [4.69, 9.17) is 5.11 Å². The normalized spacial score (nSPS) is 12.5. The molecule has 1 unspecified atom stereocenters. The molecule has 196 valence electrons. The van der Waals surface area contributed by atoms with Crippen molar-refractivity contribution in [3.8, 4) is 16.9 Å². The number of rotatable bonds is 9. The van der Waals surface area contributed by atoms with Crippen LogP contribution in [0.4, 0.5) is 13.2 Å². The van der Waals surface area contributed by atoms with Crippen LogP contribution in [0, 0.1) is 17.0 Å². The molecule has 2 N–H and O–H groups in total. The second kappa shape index (κ2) is 10.3. The van der Waals surface area contributed by atoms with Crippen LogP contribution < -0.4 is 4.72 Å². The number of carbonyl (C=O) groups is 2. The summed E-state index contributed by atoms with van der Waals surface area (Å²) < 4.78 is 67.6. The fourth-order valence-electron chi connectivity index (χ4n) is 3.11. The van der Waals surface area contributed by atoms with Crippen LogP contribution in [0.25, 0.3) is 16.9 Å². The first-order valence-electron chi connectivity index (χ1n) is 10.1. The summed E-state index contributed by atoms with van der Waals surface area (Å²) in [7, 11) is -4.66. The molecule has 0 saturated carbocycles. The van der Waals surface area contributed by atoms with Crippen molar-refractivity contribution in [3.63, 3.8) is 0 Å². The van der Waals surface area contributed by atoms with Gasteiger partial charge in [-0.2, -0.15) is 18.3 Å². The molecule has 0 aliphatic carbocycles. The molecule has 0 spiro atoms. The predicted octanol–water partition coefficient (Wildman–Crippen LogP) is 2.72. The highest BCUT2D eigenvalue weighted by Gasteiger charge is 2.35. The summed E-state index contributed by atoms with van der Waals surface area (Å²) in [4.78, 5) is 36.8. The number of aromatic nitrogens is 2. The predicted molar refractivity (Wildman–Crippen MR) is 118 cm³/mol. The van der Waals surface area contributed by atoms with Crippen molar-refractivity contribution in [1.29, 1.82) is 0 Å². The number of sulfonamides is 1. The van der Waals surface area contributed by atoms with Crippen molar-refractivity contribution in [2.75, 3.05) is 0 Å². The second-order valence-corrected chi connectivity index (χ2v) is 9.25. The van der Waals surface area contributed by atoms with E-state index in [1.54, 1.807) is 31.2 Å². The van der Waals surface area contributed by atoms with E-state index in [0.29, 0.717) is 5.56 Å². The molecule has 1 aromatic heterocycles. The van der Waals surface area contributed by atoms with Crippen LogP contribution in [-0.2, 0) is 30.6 Å². The van der Waals surface area contributed by atoms with E-state index >= 15 is 0 Å². The number of nitrogens with zero attached hydrogens (tertiary/aromatic N) is 3. The first kappa shape index (κ1) is 27.1. The number of hydrogen-bond acceptors (Lipinski definition) is 8. The van der Waals surface area contributed by atoms with Gasteiger partial charge in [-0.05, 0) is 37.3 Å². The number of amides is 1. The minimum absolute atomic E-state index is 0.0526. The Morgan fingerprint density at radius 2 is 1.76 bits per heavy atom. The van der Waals surface area contributed by atoms with Crippen LogP contribution in [-0.4, -0.2) is 46.4 Å². The van der Waals surface area contributed by atoms with E-state index in [1.807, 2.05) is 0 Å². The lowest BCUT2D eigenvalue weighted by molar-refractivity contribution is -0.764. The van der Waals surface area contributed by atoms with Crippen molar-refractivity contribution in [2.45, 2.75) is 30.5 Å². The highest BCUT2D eigenvalue weighted by molar-refractivity contribution is 7.90. The number of carboxylic acids is 1. The number of carbonyl (C=O) groups excluding carboxylic acids is 1. The molecule has 2 aromatic carbocycles. The maximum Gasteiger partial charge on any atom is 0.435 e. The molecule has 16 heteroatoms. The Labute approximate surface area is 206 Å². The number of aliphatic carboxylic acids is 1. The molecule has 1 atom stereocenters. The molecule has 3 aromatic rings. The Kier molecular flexibility index (Phi) is 7.52. The van der Waals surface area contributed by atoms with E-state index < -0.39 is 56.3 Å².